The van der Waals surface area contributed by atoms with E-state index in [1.165, 1.54) is 42.7 Å². The number of furan rings is 1. The van der Waals surface area contributed by atoms with Gasteiger partial charge in [0.1, 0.15) is 10.1 Å². The molecule has 40 heavy (non-hydrogen) atoms. The molecule has 1 fully saturated rings. The number of amides is 1. The van der Waals surface area contributed by atoms with Crippen LogP contribution >= 0.6 is 11.3 Å². The van der Waals surface area contributed by atoms with Crippen LogP contribution in [0.2, 0.25) is 0 Å². The SMILES string of the molecule is O=C(O)c1ccc(C2C(C(=O)c3ccco3)C(=O)C(=O)N2c2ncc(S(=O)(=O)c3ccc([N+](=O)[O-])cc3)s2)cc1. The molecule has 3 heterocycles. The van der Waals surface area contributed by atoms with Gasteiger partial charge in [-0.1, -0.05) is 23.5 Å². The minimum Gasteiger partial charge on any atom is -0.478 e. The predicted molar refractivity (Wildman–Crippen MR) is 136 cm³/mol. The first-order chi connectivity index (χ1) is 19.0. The van der Waals surface area contributed by atoms with E-state index in [1.807, 2.05) is 0 Å². The highest BCUT2D eigenvalue weighted by molar-refractivity contribution is 7.93. The third kappa shape index (κ3) is 4.46. The lowest BCUT2D eigenvalue weighted by atomic mass is 9.88. The van der Waals surface area contributed by atoms with Crippen LogP contribution in [0.1, 0.15) is 32.5 Å². The molecule has 2 aromatic carbocycles. The lowest BCUT2D eigenvalue weighted by molar-refractivity contribution is -0.384. The van der Waals surface area contributed by atoms with Crippen molar-refractivity contribution in [2.24, 2.45) is 5.92 Å². The Labute approximate surface area is 228 Å². The lowest BCUT2D eigenvalue weighted by Crippen LogP contribution is -2.30. The summed E-state index contributed by atoms with van der Waals surface area (Å²) in [6, 6.07) is 10.8. The van der Waals surface area contributed by atoms with Gasteiger partial charge in [-0.25, -0.2) is 18.2 Å². The standard InChI is InChI=1S/C25H15N3O10S2/c29-21(17-2-1-11-38-17)19-20(13-3-5-14(6-4-13)24(32)33)27(23(31)22(19)30)25-26-12-18(39-25)40(36,37)16-9-7-15(8-10-16)28(34)35/h1-12,19-20H,(H,32,33). The maximum atomic E-state index is 13.3. The zero-order valence-corrected chi connectivity index (χ0v) is 21.5. The summed E-state index contributed by atoms with van der Waals surface area (Å²) in [5, 5.41) is 20.0. The molecule has 1 saturated heterocycles. The van der Waals surface area contributed by atoms with E-state index in [1.54, 1.807) is 0 Å². The molecule has 2 unspecified atom stereocenters. The minimum atomic E-state index is -4.22. The van der Waals surface area contributed by atoms with E-state index in [0.29, 0.717) is 11.3 Å². The number of aromatic nitrogens is 1. The number of nitro benzene ring substituents is 1. The van der Waals surface area contributed by atoms with Gasteiger partial charge in [-0.05, 0) is 42.0 Å². The number of hydrogen-bond acceptors (Lipinski definition) is 11. The number of non-ortho nitro benzene ring substituents is 1. The number of carboxylic acids is 1. The van der Waals surface area contributed by atoms with Gasteiger partial charge >= 0.3 is 5.97 Å². The molecule has 4 aromatic rings. The fourth-order valence-corrected chi connectivity index (χ4v) is 6.78. The Morgan fingerprint density at radius 1 is 1.05 bits per heavy atom. The van der Waals surface area contributed by atoms with Crippen molar-refractivity contribution in [3.8, 4) is 0 Å². The van der Waals surface area contributed by atoms with E-state index < -0.39 is 50.2 Å². The maximum Gasteiger partial charge on any atom is 0.335 e. The number of Topliss-reactive ketones (excluding diaryl/α,β-unsaturated/α-hetero) is 2. The molecule has 1 N–H and O–H groups in total. The van der Waals surface area contributed by atoms with Crippen LogP contribution in [0.4, 0.5) is 10.8 Å². The highest BCUT2D eigenvalue weighted by Crippen LogP contribution is 2.43. The number of nitro groups is 1. The first kappa shape index (κ1) is 26.6. The molecule has 0 radical (unpaired) electrons. The second kappa shape index (κ2) is 9.94. The van der Waals surface area contributed by atoms with Crippen molar-refractivity contribution in [1.29, 1.82) is 0 Å². The lowest BCUT2D eigenvalue weighted by Gasteiger charge is -2.24. The molecule has 2 atom stereocenters. The summed E-state index contributed by atoms with van der Waals surface area (Å²) in [6.45, 7) is 0. The number of sulfone groups is 1. The first-order valence-corrected chi connectivity index (χ1v) is 13.5. The predicted octanol–water partition coefficient (Wildman–Crippen LogP) is 3.33. The van der Waals surface area contributed by atoms with Gasteiger partial charge in [0.05, 0.1) is 33.9 Å². The van der Waals surface area contributed by atoms with Gasteiger partial charge in [0.25, 0.3) is 11.6 Å². The van der Waals surface area contributed by atoms with Crippen LogP contribution in [0.25, 0.3) is 0 Å². The van der Waals surface area contributed by atoms with E-state index >= 15 is 0 Å². The van der Waals surface area contributed by atoms with Crippen LogP contribution < -0.4 is 4.90 Å². The van der Waals surface area contributed by atoms with Crippen LogP contribution in [0.15, 0.2) is 86.6 Å². The summed E-state index contributed by atoms with van der Waals surface area (Å²) in [6.07, 6.45) is 2.19. The number of benzene rings is 2. The van der Waals surface area contributed by atoms with Crippen molar-refractivity contribution in [2.75, 3.05) is 4.90 Å². The average molecular weight is 582 g/mol. The number of anilines is 1. The summed E-state index contributed by atoms with van der Waals surface area (Å²) in [7, 11) is -4.22. The monoisotopic (exact) mass is 581 g/mol. The second-order valence-electron chi connectivity index (χ2n) is 8.45. The molecule has 13 nitrogen and oxygen atoms in total. The number of nitrogens with zero attached hydrogens (tertiary/aromatic N) is 3. The van der Waals surface area contributed by atoms with Gasteiger partial charge < -0.3 is 9.52 Å². The van der Waals surface area contributed by atoms with Crippen LogP contribution in [-0.4, -0.2) is 46.9 Å². The van der Waals surface area contributed by atoms with Crippen molar-refractivity contribution < 1.29 is 42.0 Å². The van der Waals surface area contributed by atoms with Crippen LogP contribution in [0.5, 0.6) is 0 Å². The molecule has 202 valence electrons. The zero-order chi connectivity index (χ0) is 28.8. The van der Waals surface area contributed by atoms with E-state index in [9.17, 15) is 42.8 Å². The fraction of sp³-hybridized carbons (Fsp3) is 0.0800. The van der Waals surface area contributed by atoms with E-state index in [0.717, 1.165) is 35.4 Å². The number of rotatable bonds is 8. The third-order valence-corrected chi connectivity index (χ3v) is 9.38. The highest BCUT2D eigenvalue weighted by Gasteiger charge is 2.54. The van der Waals surface area contributed by atoms with E-state index in [2.05, 4.69) is 4.98 Å². The molecule has 1 aliphatic rings. The summed E-state index contributed by atoms with van der Waals surface area (Å²) in [4.78, 5) is 65.9. The van der Waals surface area contributed by atoms with Gasteiger partial charge in [0, 0.05) is 12.1 Å². The van der Waals surface area contributed by atoms with Gasteiger partial charge in [0.15, 0.2) is 10.9 Å². The second-order valence-corrected chi connectivity index (χ2v) is 11.6. The normalized spacial score (nSPS) is 17.2. The molecule has 1 aliphatic heterocycles. The van der Waals surface area contributed by atoms with Crippen molar-refractivity contribution in [2.45, 2.75) is 15.1 Å². The molecule has 15 heteroatoms. The van der Waals surface area contributed by atoms with E-state index in [-0.39, 0.29) is 36.8 Å². The largest absolute Gasteiger partial charge is 0.478 e. The van der Waals surface area contributed by atoms with Crippen LogP contribution in [-0.2, 0) is 19.4 Å². The Bertz CT molecular complexity index is 1780. The highest BCUT2D eigenvalue weighted by atomic mass is 32.2. The Kier molecular flexibility index (Phi) is 6.60. The molecular weight excluding hydrogens is 566 g/mol. The molecule has 0 saturated carbocycles. The summed E-state index contributed by atoms with van der Waals surface area (Å²) >= 11 is 0.557. The molecule has 0 aliphatic carbocycles. The molecular formula is C25H15N3O10S2. The Balaban J connectivity index is 1.58. The first-order valence-electron chi connectivity index (χ1n) is 11.2. The van der Waals surface area contributed by atoms with Crippen LogP contribution in [0.3, 0.4) is 0 Å². The number of ketones is 2. The fourth-order valence-electron chi connectivity index (χ4n) is 4.22. The van der Waals surface area contributed by atoms with Crippen LogP contribution in [0, 0.1) is 16.0 Å². The smallest absolute Gasteiger partial charge is 0.335 e. The number of carbonyl (C=O) groups excluding carboxylic acids is 3. The summed E-state index contributed by atoms with van der Waals surface area (Å²) < 4.78 is 31.2. The third-order valence-electron chi connectivity index (χ3n) is 6.15. The van der Waals surface area contributed by atoms with Gasteiger partial charge in [0.2, 0.25) is 21.4 Å². The Hall–Kier alpha value is -5.02. The molecule has 1 amide bonds. The zero-order valence-electron chi connectivity index (χ0n) is 19.9. The Morgan fingerprint density at radius 3 is 2.30 bits per heavy atom. The summed E-state index contributed by atoms with van der Waals surface area (Å²) in [5.74, 6) is -5.98. The number of aromatic carboxylic acids is 1. The number of thiazole rings is 1. The quantitative estimate of drug-likeness (QED) is 0.105. The topological polar surface area (TPSA) is 195 Å². The number of carbonyl (C=O) groups is 4. The van der Waals surface area contributed by atoms with Gasteiger partial charge in [-0.3, -0.25) is 29.4 Å². The number of hydrogen-bond donors (Lipinski definition) is 1. The molecule has 0 spiro atoms. The van der Waals surface area contributed by atoms with Crippen molar-refractivity contribution in [3.63, 3.8) is 0 Å². The number of carboxylic acid groups (broad SMARTS) is 1. The minimum absolute atomic E-state index is 0.0782. The van der Waals surface area contributed by atoms with Gasteiger partial charge in [-0.15, -0.1) is 0 Å². The van der Waals surface area contributed by atoms with Crippen molar-refractivity contribution >= 4 is 55.4 Å². The van der Waals surface area contributed by atoms with Crippen molar-refractivity contribution in [1.82, 2.24) is 4.98 Å². The van der Waals surface area contributed by atoms with Crippen molar-refractivity contribution in [3.05, 3.63) is 100 Å². The summed E-state index contributed by atoms with van der Waals surface area (Å²) in [5.41, 5.74) is -0.163. The van der Waals surface area contributed by atoms with E-state index in [4.69, 9.17) is 4.42 Å². The average Bonchev–Trinajstić information content (AvgIpc) is 3.69. The van der Waals surface area contributed by atoms with Gasteiger partial charge in [-0.2, -0.15) is 0 Å². The molecule has 0 bridgehead atoms. The molecule has 5 rings (SSSR count). The Morgan fingerprint density at radius 2 is 1.73 bits per heavy atom. The molecule has 2 aromatic heterocycles. The maximum absolute atomic E-state index is 13.3.